The Kier molecular flexibility index (Phi) is 3.96. The maximum Gasteiger partial charge on any atom is 0.240 e. The molecule has 7 heteroatoms. The third-order valence-electron chi connectivity index (χ3n) is 3.66. The third kappa shape index (κ3) is 3.02. The number of nitrogens with zero attached hydrogens (tertiary/aromatic N) is 1. The Morgan fingerprint density at radius 3 is 2.86 bits per heavy atom. The molecule has 0 spiro atoms. The van der Waals surface area contributed by atoms with Crippen molar-refractivity contribution in [2.24, 2.45) is 0 Å². The van der Waals surface area contributed by atoms with E-state index in [0.717, 1.165) is 33.3 Å². The predicted octanol–water partition coefficient (Wildman–Crippen LogP) is 2.56. The van der Waals surface area contributed by atoms with E-state index < -0.39 is 10.0 Å². The van der Waals surface area contributed by atoms with Gasteiger partial charge in [0.25, 0.3) is 0 Å². The lowest BCUT2D eigenvalue weighted by molar-refractivity contribution is 0.254. The average Bonchev–Trinajstić information content (AvgIpc) is 2.98. The molecule has 22 heavy (non-hydrogen) atoms. The lowest BCUT2D eigenvalue weighted by atomic mass is 10.1. The Morgan fingerprint density at radius 1 is 1.41 bits per heavy atom. The van der Waals surface area contributed by atoms with Crippen LogP contribution in [0.3, 0.4) is 0 Å². The minimum Gasteiger partial charge on any atom is -0.490 e. The van der Waals surface area contributed by atoms with Crippen molar-refractivity contribution in [3.05, 3.63) is 39.3 Å². The maximum atomic E-state index is 12.4. The molecular formula is C15H18N2O3S2. The summed E-state index contributed by atoms with van der Waals surface area (Å²) in [5, 5.41) is 0.775. The average molecular weight is 338 g/mol. The van der Waals surface area contributed by atoms with Gasteiger partial charge in [-0.2, -0.15) is 0 Å². The number of ether oxygens (including phenoxy) is 1. The van der Waals surface area contributed by atoms with Gasteiger partial charge in [-0.3, -0.25) is 0 Å². The monoisotopic (exact) mass is 338 g/mol. The molecule has 2 heterocycles. The number of aromatic nitrogens is 1. The number of rotatable bonds is 4. The second-order valence-corrected chi connectivity index (χ2v) is 8.53. The fraction of sp³-hybridized carbons (Fsp3) is 0.400. The summed E-state index contributed by atoms with van der Waals surface area (Å²) in [7, 11) is -3.54. The highest BCUT2D eigenvalue weighted by molar-refractivity contribution is 7.89. The minimum atomic E-state index is -3.54. The highest BCUT2D eigenvalue weighted by Gasteiger charge is 2.22. The van der Waals surface area contributed by atoms with E-state index in [-0.39, 0.29) is 17.5 Å². The van der Waals surface area contributed by atoms with E-state index in [1.165, 1.54) is 11.3 Å². The summed E-state index contributed by atoms with van der Waals surface area (Å²) in [4.78, 5) is 5.73. The summed E-state index contributed by atoms with van der Waals surface area (Å²) in [6.45, 7) is 6.09. The number of sulfonamides is 1. The van der Waals surface area contributed by atoms with E-state index in [1.807, 2.05) is 20.8 Å². The van der Waals surface area contributed by atoms with Crippen molar-refractivity contribution in [2.45, 2.75) is 44.7 Å². The van der Waals surface area contributed by atoms with Crippen LogP contribution in [0.1, 0.15) is 28.1 Å². The molecule has 1 unspecified atom stereocenters. The number of thiazole rings is 1. The standard InChI is InChI=1S/C15H18N2O3S2/c1-9-6-12-7-13(4-5-14(12)20-9)22(18,19)16-8-15-17-10(2)11(3)21-15/h4-5,7,9,16H,6,8H2,1-3H3. The van der Waals surface area contributed by atoms with Crippen LogP contribution in [0.5, 0.6) is 5.75 Å². The number of hydrogen-bond donors (Lipinski definition) is 1. The molecule has 1 atom stereocenters. The molecular weight excluding hydrogens is 320 g/mol. The lowest BCUT2D eigenvalue weighted by Gasteiger charge is -2.07. The smallest absolute Gasteiger partial charge is 0.240 e. The first-order chi connectivity index (χ1) is 10.3. The molecule has 5 nitrogen and oxygen atoms in total. The SMILES string of the molecule is Cc1nc(CNS(=O)(=O)c2ccc3c(c2)CC(C)O3)sc1C. The molecule has 1 aromatic heterocycles. The van der Waals surface area contributed by atoms with Crippen LogP contribution in [-0.4, -0.2) is 19.5 Å². The summed E-state index contributed by atoms with van der Waals surface area (Å²) in [6.07, 6.45) is 0.839. The Labute approximate surface area is 134 Å². The molecule has 1 aliphatic heterocycles. The van der Waals surface area contributed by atoms with Gasteiger partial charge in [-0.05, 0) is 44.5 Å². The number of benzene rings is 1. The van der Waals surface area contributed by atoms with Gasteiger partial charge in [-0.15, -0.1) is 11.3 Å². The summed E-state index contributed by atoms with van der Waals surface area (Å²) < 4.78 is 33.0. The van der Waals surface area contributed by atoms with Crippen molar-refractivity contribution in [2.75, 3.05) is 0 Å². The van der Waals surface area contributed by atoms with Crippen LogP contribution in [0.15, 0.2) is 23.1 Å². The lowest BCUT2D eigenvalue weighted by Crippen LogP contribution is -2.23. The molecule has 0 aliphatic carbocycles. The van der Waals surface area contributed by atoms with Crippen LogP contribution in [0.4, 0.5) is 0 Å². The van der Waals surface area contributed by atoms with Crippen molar-refractivity contribution >= 4 is 21.4 Å². The molecule has 2 aromatic rings. The van der Waals surface area contributed by atoms with Crippen LogP contribution in [0.2, 0.25) is 0 Å². The van der Waals surface area contributed by atoms with Gasteiger partial charge in [0.15, 0.2) is 0 Å². The minimum absolute atomic E-state index is 0.0992. The molecule has 0 saturated heterocycles. The van der Waals surface area contributed by atoms with E-state index in [4.69, 9.17) is 4.74 Å². The van der Waals surface area contributed by atoms with E-state index in [0.29, 0.717) is 0 Å². The van der Waals surface area contributed by atoms with Crippen LogP contribution in [0.25, 0.3) is 0 Å². The third-order valence-corrected chi connectivity index (χ3v) is 6.14. The van der Waals surface area contributed by atoms with Crippen LogP contribution >= 0.6 is 11.3 Å². The molecule has 0 saturated carbocycles. The zero-order valence-corrected chi connectivity index (χ0v) is 14.3. The summed E-state index contributed by atoms with van der Waals surface area (Å²) in [6, 6.07) is 5.00. The topological polar surface area (TPSA) is 68.3 Å². The number of nitrogens with one attached hydrogen (secondary N) is 1. The fourth-order valence-electron chi connectivity index (χ4n) is 2.42. The first kappa shape index (κ1) is 15.5. The van der Waals surface area contributed by atoms with Crippen LogP contribution in [-0.2, 0) is 23.0 Å². The Balaban J connectivity index is 1.77. The quantitative estimate of drug-likeness (QED) is 0.930. The zero-order chi connectivity index (χ0) is 15.9. The predicted molar refractivity (Wildman–Crippen MR) is 85.8 cm³/mol. The highest BCUT2D eigenvalue weighted by Crippen LogP contribution is 2.30. The Bertz CT molecular complexity index is 793. The second kappa shape index (κ2) is 5.64. The van der Waals surface area contributed by atoms with E-state index in [1.54, 1.807) is 18.2 Å². The number of aryl methyl sites for hydroxylation is 2. The highest BCUT2D eigenvalue weighted by atomic mass is 32.2. The van der Waals surface area contributed by atoms with Gasteiger partial charge in [0.1, 0.15) is 16.9 Å². The molecule has 0 radical (unpaired) electrons. The van der Waals surface area contributed by atoms with E-state index >= 15 is 0 Å². The first-order valence-corrected chi connectivity index (χ1v) is 9.37. The number of hydrogen-bond acceptors (Lipinski definition) is 5. The number of fused-ring (bicyclic) bond motifs is 1. The van der Waals surface area contributed by atoms with Gasteiger partial charge in [0.05, 0.1) is 17.1 Å². The van der Waals surface area contributed by atoms with Crippen LogP contribution < -0.4 is 9.46 Å². The normalized spacial score (nSPS) is 17.3. The largest absolute Gasteiger partial charge is 0.490 e. The van der Waals surface area contributed by atoms with Gasteiger partial charge in [0, 0.05) is 11.3 Å². The fourth-order valence-corrected chi connectivity index (χ4v) is 4.42. The van der Waals surface area contributed by atoms with Crippen molar-refractivity contribution in [3.8, 4) is 5.75 Å². The summed E-state index contributed by atoms with van der Waals surface area (Å²) in [5.41, 5.74) is 1.89. The van der Waals surface area contributed by atoms with Gasteiger partial charge in [-0.25, -0.2) is 18.1 Å². The summed E-state index contributed by atoms with van der Waals surface area (Å²) >= 11 is 1.51. The van der Waals surface area contributed by atoms with Crippen molar-refractivity contribution < 1.29 is 13.2 Å². The van der Waals surface area contributed by atoms with Crippen molar-refractivity contribution in [1.82, 2.24) is 9.71 Å². The molecule has 1 aliphatic rings. The zero-order valence-electron chi connectivity index (χ0n) is 12.7. The maximum absolute atomic E-state index is 12.4. The van der Waals surface area contributed by atoms with Crippen molar-refractivity contribution in [1.29, 1.82) is 0 Å². The molecule has 0 amide bonds. The molecule has 1 aromatic carbocycles. The Hall–Kier alpha value is -1.44. The van der Waals surface area contributed by atoms with Gasteiger partial charge in [-0.1, -0.05) is 0 Å². The summed E-state index contributed by atoms with van der Waals surface area (Å²) in [5.74, 6) is 0.776. The van der Waals surface area contributed by atoms with E-state index in [2.05, 4.69) is 9.71 Å². The van der Waals surface area contributed by atoms with Gasteiger partial charge < -0.3 is 4.74 Å². The van der Waals surface area contributed by atoms with Crippen LogP contribution in [0, 0.1) is 13.8 Å². The molecule has 0 bridgehead atoms. The molecule has 3 rings (SSSR count). The molecule has 0 fully saturated rings. The molecule has 1 N–H and O–H groups in total. The van der Waals surface area contributed by atoms with Crippen molar-refractivity contribution in [3.63, 3.8) is 0 Å². The molecule has 118 valence electrons. The van der Waals surface area contributed by atoms with Gasteiger partial charge in [0.2, 0.25) is 10.0 Å². The van der Waals surface area contributed by atoms with E-state index in [9.17, 15) is 8.42 Å². The van der Waals surface area contributed by atoms with Gasteiger partial charge >= 0.3 is 0 Å². The first-order valence-electron chi connectivity index (χ1n) is 7.07. The second-order valence-electron chi connectivity index (χ2n) is 5.48. The Morgan fingerprint density at radius 2 is 2.18 bits per heavy atom.